The number of aromatic nitrogens is 1. The van der Waals surface area contributed by atoms with Gasteiger partial charge in [-0.1, -0.05) is 158 Å². The summed E-state index contributed by atoms with van der Waals surface area (Å²) in [5, 5.41) is 12.7. The molecule has 1 heteroatoms. The van der Waals surface area contributed by atoms with Crippen LogP contribution in [-0.4, -0.2) is 4.57 Å². The Kier molecular flexibility index (Phi) is 5.64. The lowest BCUT2D eigenvalue weighted by molar-refractivity contribution is 1.18. The molecular weight excluding hydrogens is 567 g/mol. The van der Waals surface area contributed by atoms with Crippen molar-refractivity contribution >= 4 is 64.9 Å². The molecular formula is C46H29N. The van der Waals surface area contributed by atoms with Crippen molar-refractivity contribution in [1.82, 2.24) is 4.57 Å². The van der Waals surface area contributed by atoms with Crippen LogP contribution in [0.3, 0.4) is 0 Å². The molecule has 0 aliphatic carbocycles. The zero-order chi connectivity index (χ0) is 30.9. The number of nitrogens with zero attached hydrogens (tertiary/aromatic N) is 1. The average molecular weight is 596 g/mol. The summed E-state index contributed by atoms with van der Waals surface area (Å²) < 4.78 is 2.51. The molecule has 10 rings (SSSR count). The van der Waals surface area contributed by atoms with E-state index in [1.807, 2.05) is 0 Å². The highest BCUT2D eigenvalue weighted by Gasteiger charge is 2.22. The maximum absolute atomic E-state index is 2.51. The Bertz CT molecular complexity index is 2690. The Hall–Kier alpha value is -6.18. The maximum Gasteiger partial charge on any atom is 0.0548 e. The van der Waals surface area contributed by atoms with Crippen molar-refractivity contribution in [3.05, 3.63) is 176 Å². The number of rotatable bonds is 3. The van der Waals surface area contributed by atoms with Crippen LogP contribution in [0, 0.1) is 0 Å². The minimum absolute atomic E-state index is 1.18. The van der Waals surface area contributed by atoms with Crippen LogP contribution in [0.25, 0.3) is 92.8 Å². The molecule has 0 aliphatic rings. The van der Waals surface area contributed by atoms with Gasteiger partial charge >= 0.3 is 0 Å². The van der Waals surface area contributed by atoms with E-state index < -0.39 is 0 Å². The first-order valence-electron chi connectivity index (χ1n) is 16.3. The van der Waals surface area contributed by atoms with Gasteiger partial charge in [-0.3, -0.25) is 0 Å². The van der Waals surface area contributed by atoms with E-state index in [4.69, 9.17) is 0 Å². The van der Waals surface area contributed by atoms with Crippen LogP contribution >= 0.6 is 0 Å². The van der Waals surface area contributed by atoms with E-state index in [2.05, 4.69) is 180 Å². The average Bonchev–Trinajstić information content (AvgIpc) is 3.49. The van der Waals surface area contributed by atoms with Crippen molar-refractivity contribution in [3.8, 4) is 27.9 Å². The van der Waals surface area contributed by atoms with Gasteiger partial charge in [0.1, 0.15) is 0 Å². The van der Waals surface area contributed by atoms with E-state index in [0.717, 1.165) is 0 Å². The lowest BCUT2D eigenvalue weighted by Crippen LogP contribution is -1.99. The van der Waals surface area contributed by atoms with Gasteiger partial charge in [-0.25, -0.2) is 0 Å². The summed E-state index contributed by atoms with van der Waals surface area (Å²) >= 11 is 0. The topological polar surface area (TPSA) is 4.93 Å². The summed E-state index contributed by atoms with van der Waals surface area (Å²) in [6, 6.07) is 64.5. The highest BCUT2D eigenvalue weighted by Crippen LogP contribution is 2.47. The van der Waals surface area contributed by atoms with E-state index in [9.17, 15) is 0 Å². The molecule has 0 saturated carbocycles. The fourth-order valence-electron chi connectivity index (χ4n) is 8.02. The molecule has 1 aromatic heterocycles. The molecule has 10 aromatic rings. The molecule has 218 valence electrons. The van der Waals surface area contributed by atoms with Gasteiger partial charge in [-0.05, 0) is 78.0 Å². The Morgan fingerprint density at radius 1 is 0.298 bits per heavy atom. The summed E-state index contributed by atoms with van der Waals surface area (Å²) in [6.45, 7) is 0. The summed E-state index contributed by atoms with van der Waals surface area (Å²) in [7, 11) is 0. The standard InChI is InChI=1S/C46H29N/c1-2-16-32(17-3-1)43-35-20-8-10-22-37(35)44(38-23-11-9-21-36(38)43)39-24-12-13-25-40(39)47-41-28-26-30-14-4-6-18-33(30)45(41)46-34-19-7-5-15-31(34)27-29-42(46)47/h1-29H. The Morgan fingerprint density at radius 3 is 1.28 bits per heavy atom. The van der Waals surface area contributed by atoms with Crippen LogP contribution in [0.15, 0.2) is 176 Å². The van der Waals surface area contributed by atoms with Gasteiger partial charge in [-0.2, -0.15) is 0 Å². The van der Waals surface area contributed by atoms with E-state index in [1.165, 1.54) is 92.8 Å². The molecule has 0 aliphatic heterocycles. The van der Waals surface area contributed by atoms with Gasteiger partial charge in [0.2, 0.25) is 0 Å². The maximum atomic E-state index is 2.51. The zero-order valence-corrected chi connectivity index (χ0v) is 25.7. The minimum Gasteiger partial charge on any atom is -0.309 e. The molecule has 0 spiro atoms. The first-order valence-corrected chi connectivity index (χ1v) is 16.3. The van der Waals surface area contributed by atoms with Crippen LogP contribution in [0.4, 0.5) is 0 Å². The van der Waals surface area contributed by atoms with E-state index in [1.54, 1.807) is 0 Å². The summed E-state index contributed by atoms with van der Waals surface area (Å²) in [5.74, 6) is 0. The molecule has 1 heterocycles. The smallest absolute Gasteiger partial charge is 0.0548 e. The SMILES string of the molecule is c1ccc(-c2c3ccccc3c(-c3ccccc3-n3c4ccc5ccccc5c4c4c5ccccc5ccc43)c3ccccc23)cc1. The van der Waals surface area contributed by atoms with Crippen molar-refractivity contribution in [2.24, 2.45) is 0 Å². The van der Waals surface area contributed by atoms with E-state index in [0.29, 0.717) is 0 Å². The third kappa shape index (κ3) is 3.78. The number of fused-ring (bicyclic) bond motifs is 9. The van der Waals surface area contributed by atoms with Crippen LogP contribution in [0.1, 0.15) is 0 Å². The Labute approximate surface area is 272 Å². The molecule has 0 saturated heterocycles. The summed E-state index contributed by atoms with van der Waals surface area (Å²) in [4.78, 5) is 0. The highest BCUT2D eigenvalue weighted by atomic mass is 15.0. The van der Waals surface area contributed by atoms with Crippen molar-refractivity contribution in [2.75, 3.05) is 0 Å². The molecule has 0 radical (unpaired) electrons. The van der Waals surface area contributed by atoms with Crippen molar-refractivity contribution in [2.45, 2.75) is 0 Å². The van der Waals surface area contributed by atoms with Gasteiger partial charge in [0.15, 0.2) is 0 Å². The predicted molar refractivity (Wildman–Crippen MR) is 202 cm³/mol. The predicted octanol–water partition coefficient (Wildman–Crippen LogP) is 12.7. The Morgan fingerprint density at radius 2 is 0.723 bits per heavy atom. The molecule has 0 unspecified atom stereocenters. The number of para-hydroxylation sites is 1. The first kappa shape index (κ1) is 26.1. The van der Waals surface area contributed by atoms with Gasteiger partial charge in [0, 0.05) is 16.3 Å². The van der Waals surface area contributed by atoms with E-state index in [-0.39, 0.29) is 0 Å². The molecule has 0 fully saturated rings. The van der Waals surface area contributed by atoms with E-state index >= 15 is 0 Å². The van der Waals surface area contributed by atoms with Crippen molar-refractivity contribution in [3.63, 3.8) is 0 Å². The zero-order valence-electron chi connectivity index (χ0n) is 25.7. The molecule has 47 heavy (non-hydrogen) atoms. The second-order valence-electron chi connectivity index (χ2n) is 12.4. The fraction of sp³-hybridized carbons (Fsp3) is 0. The molecule has 0 amide bonds. The molecule has 0 bridgehead atoms. The van der Waals surface area contributed by atoms with Gasteiger partial charge in [0.05, 0.1) is 16.7 Å². The van der Waals surface area contributed by atoms with Gasteiger partial charge in [0.25, 0.3) is 0 Å². The quantitative estimate of drug-likeness (QED) is 0.179. The first-order chi connectivity index (χ1) is 23.4. The largest absolute Gasteiger partial charge is 0.309 e. The second kappa shape index (κ2) is 10.2. The third-order valence-electron chi connectivity index (χ3n) is 9.95. The lowest BCUT2D eigenvalue weighted by Gasteiger charge is -2.20. The molecule has 9 aromatic carbocycles. The van der Waals surface area contributed by atoms with Crippen molar-refractivity contribution in [1.29, 1.82) is 0 Å². The molecule has 1 nitrogen and oxygen atoms in total. The number of benzene rings is 9. The Balaban J connectivity index is 1.38. The number of hydrogen-bond acceptors (Lipinski definition) is 0. The van der Waals surface area contributed by atoms with Crippen LogP contribution in [0.2, 0.25) is 0 Å². The fourth-order valence-corrected chi connectivity index (χ4v) is 8.02. The highest BCUT2D eigenvalue weighted by molar-refractivity contribution is 6.29. The van der Waals surface area contributed by atoms with Crippen LogP contribution in [-0.2, 0) is 0 Å². The van der Waals surface area contributed by atoms with Gasteiger partial charge in [-0.15, -0.1) is 0 Å². The van der Waals surface area contributed by atoms with Crippen LogP contribution < -0.4 is 0 Å². The minimum atomic E-state index is 1.18. The summed E-state index contributed by atoms with van der Waals surface area (Å²) in [6.07, 6.45) is 0. The normalized spacial score (nSPS) is 11.8. The van der Waals surface area contributed by atoms with Crippen LogP contribution in [0.5, 0.6) is 0 Å². The lowest BCUT2D eigenvalue weighted by atomic mass is 9.85. The second-order valence-corrected chi connectivity index (χ2v) is 12.4. The molecule has 0 N–H and O–H groups in total. The monoisotopic (exact) mass is 595 g/mol. The summed E-state index contributed by atoms with van der Waals surface area (Å²) in [5.41, 5.74) is 8.63. The number of hydrogen-bond donors (Lipinski definition) is 0. The molecule has 0 atom stereocenters. The third-order valence-corrected chi connectivity index (χ3v) is 9.95. The van der Waals surface area contributed by atoms with Crippen molar-refractivity contribution < 1.29 is 0 Å². The van der Waals surface area contributed by atoms with Gasteiger partial charge < -0.3 is 4.57 Å².